The van der Waals surface area contributed by atoms with Gasteiger partial charge in [-0.3, -0.25) is 0 Å². The van der Waals surface area contributed by atoms with E-state index in [4.69, 9.17) is 0 Å². The lowest BCUT2D eigenvalue weighted by atomic mass is 9.84. The van der Waals surface area contributed by atoms with E-state index in [1.54, 1.807) is 16.4 Å². The highest BCUT2D eigenvalue weighted by Crippen LogP contribution is 2.30. The standard InChI is InChI=1S/C16H23FN2O2S/c17-16-3-1-13(2-4-16)12-22(20,21)19-9-6-14(7-10-19)15-5-8-18-11-15/h1-4,14-15,18H,5-12H2. The lowest BCUT2D eigenvalue weighted by Gasteiger charge is -2.34. The van der Waals surface area contributed by atoms with Crippen molar-refractivity contribution in [3.05, 3.63) is 35.6 Å². The average Bonchev–Trinajstić information content (AvgIpc) is 3.04. The van der Waals surface area contributed by atoms with Crippen LogP contribution in [0.25, 0.3) is 0 Å². The number of nitrogens with zero attached hydrogens (tertiary/aromatic N) is 1. The van der Waals surface area contributed by atoms with Gasteiger partial charge in [0.15, 0.2) is 0 Å². The third-order valence-electron chi connectivity index (χ3n) is 4.92. The monoisotopic (exact) mass is 326 g/mol. The maximum absolute atomic E-state index is 12.9. The fraction of sp³-hybridized carbons (Fsp3) is 0.625. The molecule has 1 atom stereocenters. The van der Waals surface area contributed by atoms with Crippen LogP contribution in [0.15, 0.2) is 24.3 Å². The highest BCUT2D eigenvalue weighted by molar-refractivity contribution is 7.88. The minimum absolute atomic E-state index is 0.0388. The molecular formula is C16H23FN2O2S. The Morgan fingerprint density at radius 2 is 1.77 bits per heavy atom. The summed E-state index contributed by atoms with van der Waals surface area (Å²) < 4.78 is 39.5. The molecule has 1 aromatic carbocycles. The first-order chi connectivity index (χ1) is 10.5. The molecule has 2 heterocycles. The van der Waals surface area contributed by atoms with Gasteiger partial charge in [-0.15, -0.1) is 0 Å². The molecule has 0 aromatic heterocycles. The summed E-state index contributed by atoms with van der Waals surface area (Å²) in [7, 11) is -3.30. The molecule has 4 nitrogen and oxygen atoms in total. The number of sulfonamides is 1. The van der Waals surface area contributed by atoms with Gasteiger partial charge in [-0.2, -0.15) is 0 Å². The van der Waals surface area contributed by atoms with Crippen LogP contribution in [-0.2, 0) is 15.8 Å². The Morgan fingerprint density at radius 3 is 2.36 bits per heavy atom. The van der Waals surface area contributed by atoms with Gasteiger partial charge in [0.2, 0.25) is 10.0 Å². The van der Waals surface area contributed by atoms with Gasteiger partial charge in [0.25, 0.3) is 0 Å². The summed E-state index contributed by atoms with van der Waals surface area (Å²) in [6, 6.07) is 5.71. The second kappa shape index (κ2) is 6.64. The highest BCUT2D eigenvalue weighted by Gasteiger charge is 2.32. The molecule has 2 aliphatic rings. The summed E-state index contributed by atoms with van der Waals surface area (Å²) in [6.45, 7) is 3.40. The average molecular weight is 326 g/mol. The topological polar surface area (TPSA) is 49.4 Å². The van der Waals surface area contributed by atoms with Crippen molar-refractivity contribution < 1.29 is 12.8 Å². The number of halogens is 1. The zero-order valence-electron chi connectivity index (χ0n) is 12.7. The summed E-state index contributed by atoms with van der Waals surface area (Å²) in [4.78, 5) is 0. The van der Waals surface area contributed by atoms with E-state index in [2.05, 4.69) is 5.32 Å². The molecule has 1 unspecified atom stereocenters. The Hall–Kier alpha value is -0.980. The van der Waals surface area contributed by atoms with Gasteiger partial charge in [0.05, 0.1) is 5.75 Å². The van der Waals surface area contributed by atoms with Gasteiger partial charge in [-0.1, -0.05) is 12.1 Å². The van der Waals surface area contributed by atoms with E-state index >= 15 is 0 Å². The van der Waals surface area contributed by atoms with Crippen LogP contribution in [-0.4, -0.2) is 38.9 Å². The van der Waals surface area contributed by atoms with Crippen LogP contribution in [0.3, 0.4) is 0 Å². The van der Waals surface area contributed by atoms with Crippen LogP contribution in [0, 0.1) is 17.7 Å². The zero-order valence-corrected chi connectivity index (χ0v) is 13.5. The molecule has 0 aliphatic carbocycles. The van der Waals surface area contributed by atoms with Crippen molar-refractivity contribution in [3.8, 4) is 0 Å². The number of hydrogen-bond donors (Lipinski definition) is 1. The second-order valence-corrected chi connectivity index (χ2v) is 8.34. The first kappa shape index (κ1) is 15.9. The maximum Gasteiger partial charge on any atom is 0.218 e. The van der Waals surface area contributed by atoms with Gasteiger partial charge in [-0.05, 0) is 61.9 Å². The largest absolute Gasteiger partial charge is 0.316 e. The predicted octanol–water partition coefficient (Wildman–Crippen LogP) is 1.98. The Morgan fingerprint density at radius 1 is 1.09 bits per heavy atom. The fourth-order valence-corrected chi connectivity index (χ4v) is 5.15. The molecule has 0 radical (unpaired) electrons. The van der Waals surface area contributed by atoms with E-state index in [-0.39, 0.29) is 11.6 Å². The minimum Gasteiger partial charge on any atom is -0.316 e. The van der Waals surface area contributed by atoms with E-state index in [1.807, 2.05) is 0 Å². The Labute approximate surface area is 131 Å². The molecule has 6 heteroatoms. The summed E-state index contributed by atoms with van der Waals surface area (Å²) in [5, 5.41) is 3.39. The smallest absolute Gasteiger partial charge is 0.218 e. The Kier molecular flexibility index (Phi) is 4.80. The van der Waals surface area contributed by atoms with Gasteiger partial charge >= 0.3 is 0 Å². The normalized spacial score (nSPS) is 24.7. The first-order valence-corrected chi connectivity index (χ1v) is 9.58. The zero-order chi connectivity index (χ0) is 15.6. The first-order valence-electron chi connectivity index (χ1n) is 7.97. The molecule has 0 amide bonds. The van der Waals surface area contributed by atoms with Gasteiger partial charge in [-0.25, -0.2) is 17.1 Å². The number of hydrogen-bond acceptors (Lipinski definition) is 3. The molecule has 3 rings (SSSR count). The molecule has 2 aliphatic heterocycles. The molecule has 22 heavy (non-hydrogen) atoms. The molecule has 0 saturated carbocycles. The van der Waals surface area contributed by atoms with Crippen LogP contribution in [0.1, 0.15) is 24.8 Å². The van der Waals surface area contributed by atoms with Crippen molar-refractivity contribution in [2.24, 2.45) is 11.8 Å². The lowest BCUT2D eigenvalue weighted by Crippen LogP contribution is -2.40. The second-order valence-electron chi connectivity index (χ2n) is 6.37. The van der Waals surface area contributed by atoms with Crippen LogP contribution >= 0.6 is 0 Å². The van der Waals surface area contributed by atoms with Gasteiger partial charge in [0.1, 0.15) is 5.82 Å². The molecule has 1 N–H and O–H groups in total. The van der Waals surface area contributed by atoms with Crippen molar-refractivity contribution in [2.75, 3.05) is 26.2 Å². The summed E-state index contributed by atoms with van der Waals surface area (Å²) in [6.07, 6.45) is 3.12. The summed E-state index contributed by atoms with van der Waals surface area (Å²) in [5.41, 5.74) is 0.642. The Balaban J connectivity index is 1.58. The van der Waals surface area contributed by atoms with Crippen LogP contribution in [0.4, 0.5) is 4.39 Å². The van der Waals surface area contributed by atoms with Crippen LogP contribution < -0.4 is 5.32 Å². The molecule has 1 aromatic rings. The van der Waals surface area contributed by atoms with Crippen LogP contribution in [0.5, 0.6) is 0 Å². The molecule has 0 bridgehead atoms. The summed E-state index contributed by atoms with van der Waals surface area (Å²) >= 11 is 0. The van der Waals surface area contributed by atoms with Crippen molar-refractivity contribution in [1.29, 1.82) is 0 Å². The Bertz CT molecular complexity index is 589. The van der Waals surface area contributed by atoms with E-state index < -0.39 is 10.0 Å². The lowest BCUT2D eigenvalue weighted by molar-refractivity contribution is 0.216. The van der Waals surface area contributed by atoms with Gasteiger partial charge < -0.3 is 5.32 Å². The van der Waals surface area contributed by atoms with E-state index in [9.17, 15) is 12.8 Å². The summed E-state index contributed by atoms with van der Waals surface area (Å²) in [5.74, 6) is 0.976. The third-order valence-corrected chi connectivity index (χ3v) is 6.77. The van der Waals surface area contributed by atoms with Crippen molar-refractivity contribution in [3.63, 3.8) is 0 Å². The van der Waals surface area contributed by atoms with Crippen molar-refractivity contribution in [2.45, 2.75) is 25.0 Å². The van der Waals surface area contributed by atoms with Crippen LogP contribution in [0.2, 0.25) is 0 Å². The number of piperidine rings is 1. The third kappa shape index (κ3) is 3.67. The predicted molar refractivity (Wildman–Crippen MR) is 84.3 cm³/mol. The molecule has 0 spiro atoms. The minimum atomic E-state index is -3.30. The van der Waals surface area contributed by atoms with Gasteiger partial charge in [0, 0.05) is 13.1 Å². The molecule has 2 saturated heterocycles. The fourth-order valence-electron chi connectivity index (χ4n) is 3.59. The van der Waals surface area contributed by atoms with E-state index in [0.29, 0.717) is 30.5 Å². The van der Waals surface area contributed by atoms with E-state index in [1.165, 1.54) is 18.6 Å². The molecule has 2 fully saturated rings. The van der Waals surface area contributed by atoms with Crippen molar-refractivity contribution >= 4 is 10.0 Å². The quantitative estimate of drug-likeness (QED) is 0.920. The number of nitrogens with one attached hydrogen (secondary N) is 1. The SMILES string of the molecule is O=S(=O)(Cc1ccc(F)cc1)N1CCC(C2CCNC2)CC1. The number of rotatable bonds is 4. The molecule has 122 valence electrons. The number of benzene rings is 1. The van der Waals surface area contributed by atoms with Crippen molar-refractivity contribution in [1.82, 2.24) is 9.62 Å². The van der Waals surface area contributed by atoms with E-state index in [0.717, 1.165) is 25.9 Å². The molecular weight excluding hydrogens is 303 g/mol. The highest BCUT2D eigenvalue weighted by atomic mass is 32.2. The maximum atomic E-state index is 12.9.